The van der Waals surface area contributed by atoms with Gasteiger partial charge in [-0.1, -0.05) is 0 Å². The zero-order valence-electron chi connectivity index (χ0n) is 7.66. The third kappa shape index (κ3) is 2.05. The van der Waals surface area contributed by atoms with Crippen LogP contribution >= 0.6 is 25.0 Å². The van der Waals surface area contributed by atoms with Gasteiger partial charge in [0.05, 0.1) is 0 Å². The third-order valence-electron chi connectivity index (χ3n) is 2.16. The summed E-state index contributed by atoms with van der Waals surface area (Å²) in [5.74, 6) is 0. The molecule has 0 radical (unpaired) electrons. The maximum Gasteiger partial charge on any atom is 0.0457 e. The highest BCUT2D eigenvalue weighted by atomic mass is 35.5. The van der Waals surface area contributed by atoms with E-state index in [2.05, 4.69) is 23.7 Å². The lowest BCUT2D eigenvalue weighted by Gasteiger charge is -1.96. The molecule has 2 nitrogen and oxygen atoms in total. The highest BCUT2D eigenvalue weighted by Crippen LogP contribution is 2.21. The van der Waals surface area contributed by atoms with Gasteiger partial charge < -0.3 is 10.7 Å². The Hall–Kier alpha value is -0.640. The molecule has 3 N–H and O–H groups in total. The van der Waals surface area contributed by atoms with Crippen molar-refractivity contribution in [2.24, 2.45) is 5.73 Å². The van der Waals surface area contributed by atoms with Crippen molar-refractivity contribution in [3.05, 3.63) is 30.0 Å². The first kappa shape index (κ1) is 11.4. The number of aromatic nitrogens is 1. The maximum atomic E-state index is 5.52. The minimum Gasteiger partial charge on any atom is -0.361 e. The van der Waals surface area contributed by atoms with Gasteiger partial charge in [0, 0.05) is 22.0 Å². The van der Waals surface area contributed by atoms with E-state index in [9.17, 15) is 0 Å². The van der Waals surface area contributed by atoms with E-state index in [1.165, 1.54) is 10.9 Å². The number of nitrogens with one attached hydrogen (secondary N) is 1. The molecule has 0 aliphatic heterocycles. The molecule has 0 saturated heterocycles. The largest absolute Gasteiger partial charge is 0.361 e. The average Bonchev–Trinajstić information content (AvgIpc) is 2.49. The van der Waals surface area contributed by atoms with Crippen LogP contribution in [0.5, 0.6) is 0 Å². The molecular formula is C10H13ClN2S. The van der Waals surface area contributed by atoms with Crippen LogP contribution in [-0.2, 0) is 6.42 Å². The van der Waals surface area contributed by atoms with Gasteiger partial charge in [-0.15, -0.1) is 25.0 Å². The third-order valence-corrected chi connectivity index (χ3v) is 2.44. The van der Waals surface area contributed by atoms with E-state index in [4.69, 9.17) is 5.73 Å². The van der Waals surface area contributed by atoms with Gasteiger partial charge >= 0.3 is 0 Å². The summed E-state index contributed by atoms with van der Waals surface area (Å²) in [5.41, 5.74) is 7.94. The number of hydrogen-bond donors (Lipinski definition) is 3. The number of H-pyrrole nitrogens is 1. The molecule has 14 heavy (non-hydrogen) atoms. The van der Waals surface area contributed by atoms with Crippen LogP contribution in [0.15, 0.2) is 29.3 Å². The van der Waals surface area contributed by atoms with E-state index >= 15 is 0 Å². The maximum absolute atomic E-state index is 5.52. The zero-order valence-corrected chi connectivity index (χ0v) is 9.37. The Morgan fingerprint density at radius 1 is 1.36 bits per heavy atom. The molecule has 4 heteroatoms. The second-order valence-electron chi connectivity index (χ2n) is 3.08. The number of halogens is 1. The zero-order chi connectivity index (χ0) is 9.26. The summed E-state index contributed by atoms with van der Waals surface area (Å²) in [6.45, 7) is 0.684. The number of hydrogen-bond acceptors (Lipinski definition) is 2. The average molecular weight is 229 g/mol. The molecule has 76 valence electrons. The fraction of sp³-hybridized carbons (Fsp3) is 0.200. The van der Waals surface area contributed by atoms with Crippen LogP contribution in [0.25, 0.3) is 10.9 Å². The minimum atomic E-state index is 0. The van der Waals surface area contributed by atoms with Crippen LogP contribution in [0.4, 0.5) is 0 Å². The first-order valence-electron chi connectivity index (χ1n) is 4.30. The smallest absolute Gasteiger partial charge is 0.0457 e. The first-order valence-corrected chi connectivity index (χ1v) is 4.75. The van der Waals surface area contributed by atoms with E-state index in [1.807, 2.05) is 18.3 Å². The van der Waals surface area contributed by atoms with Crippen molar-refractivity contribution in [3.8, 4) is 0 Å². The quantitative estimate of drug-likeness (QED) is 0.679. The van der Waals surface area contributed by atoms with Gasteiger partial charge in [0.25, 0.3) is 0 Å². The molecule has 0 unspecified atom stereocenters. The Morgan fingerprint density at radius 3 is 2.86 bits per heavy atom. The molecule has 1 aromatic heterocycles. The van der Waals surface area contributed by atoms with E-state index in [0.29, 0.717) is 6.54 Å². The van der Waals surface area contributed by atoms with Gasteiger partial charge in [-0.25, -0.2) is 0 Å². The standard InChI is InChI=1S/C10H12N2S.ClH/c11-4-3-7-6-12-10-2-1-8(13)5-9(7)10;/h1-2,5-6,12-13H,3-4,11H2;1H. The summed E-state index contributed by atoms with van der Waals surface area (Å²) in [7, 11) is 0. The molecule has 0 atom stereocenters. The van der Waals surface area contributed by atoms with Crippen LogP contribution in [-0.4, -0.2) is 11.5 Å². The summed E-state index contributed by atoms with van der Waals surface area (Å²) in [6.07, 6.45) is 2.93. The van der Waals surface area contributed by atoms with Gasteiger partial charge in [-0.05, 0) is 36.7 Å². The Labute approximate surface area is 94.7 Å². The van der Waals surface area contributed by atoms with Crippen molar-refractivity contribution in [1.29, 1.82) is 0 Å². The molecule has 0 saturated carbocycles. The second kappa shape index (κ2) is 4.73. The Bertz CT molecular complexity index is 425. The molecule has 1 heterocycles. The molecule has 0 aliphatic carbocycles. The lowest BCUT2D eigenvalue weighted by molar-refractivity contribution is 0.976. The lowest BCUT2D eigenvalue weighted by atomic mass is 10.1. The van der Waals surface area contributed by atoms with Gasteiger partial charge in [0.2, 0.25) is 0 Å². The SMILES string of the molecule is Cl.NCCc1c[nH]c2ccc(S)cc12. The van der Waals surface area contributed by atoms with Crippen molar-refractivity contribution in [2.75, 3.05) is 6.54 Å². The molecule has 2 aromatic rings. The molecule has 0 aliphatic rings. The number of thiol groups is 1. The van der Waals surface area contributed by atoms with Crippen molar-refractivity contribution < 1.29 is 0 Å². The van der Waals surface area contributed by atoms with Crippen LogP contribution < -0.4 is 5.73 Å². The predicted octanol–water partition coefficient (Wildman–Crippen LogP) is 2.38. The highest BCUT2D eigenvalue weighted by Gasteiger charge is 2.02. The van der Waals surface area contributed by atoms with Crippen molar-refractivity contribution >= 4 is 35.9 Å². The monoisotopic (exact) mass is 228 g/mol. The van der Waals surface area contributed by atoms with Gasteiger partial charge in [0.1, 0.15) is 0 Å². The summed E-state index contributed by atoms with van der Waals surface area (Å²) >= 11 is 4.31. The van der Waals surface area contributed by atoms with Crippen molar-refractivity contribution in [2.45, 2.75) is 11.3 Å². The topological polar surface area (TPSA) is 41.8 Å². The fourth-order valence-electron chi connectivity index (χ4n) is 1.53. The molecule has 0 amide bonds. The van der Waals surface area contributed by atoms with Crippen LogP contribution in [0.3, 0.4) is 0 Å². The number of rotatable bonds is 2. The predicted molar refractivity (Wildman–Crippen MR) is 65.6 cm³/mol. The minimum absolute atomic E-state index is 0. The number of nitrogens with two attached hydrogens (primary N) is 1. The second-order valence-corrected chi connectivity index (χ2v) is 3.60. The molecule has 0 fully saturated rings. The summed E-state index contributed by atoms with van der Waals surface area (Å²) < 4.78 is 0. The highest BCUT2D eigenvalue weighted by molar-refractivity contribution is 7.80. The lowest BCUT2D eigenvalue weighted by Crippen LogP contribution is -2.01. The first-order chi connectivity index (χ1) is 6.31. The van der Waals surface area contributed by atoms with E-state index < -0.39 is 0 Å². The van der Waals surface area contributed by atoms with Gasteiger partial charge in [0.15, 0.2) is 0 Å². The molecular weight excluding hydrogens is 216 g/mol. The molecule has 2 rings (SSSR count). The number of fused-ring (bicyclic) bond motifs is 1. The van der Waals surface area contributed by atoms with Gasteiger partial charge in [-0.2, -0.15) is 0 Å². The molecule has 1 aromatic carbocycles. The van der Waals surface area contributed by atoms with Crippen LogP contribution in [0.2, 0.25) is 0 Å². The van der Waals surface area contributed by atoms with Crippen molar-refractivity contribution in [1.82, 2.24) is 4.98 Å². The van der Waals surface area contributed by atoms with E-state index in [1.54, 1.807) is 0 Å². The number of aromatic amines is 1. The molecule has 0 spiro atoms. The van der Waals surface area contributed by atoms with E-state index in [-0.39, 0.29) is 12.4 Å². The van der Waals surface area contributed by atoms with E-state index in [0.717, 1.165) is 16.8 Å². The van der Waals surface area contributed by atoms with Crippen LogP contribution in [0.1, 0.15) is 5.56 Å². The Kier molecular flexibility index (Phi) is 3.86. The van der Waals surface area contributed by atoms with Gasteiger partial charge in [-0.3, -0.25) is 0 Å². The van der Waals surface area contributed by atoms with Crippen LogP contribution in [0, 0.1) is 0 Å². The molecule has 0 bridgehead atoms. The summed E-state index contributed by atoms with van der Waals surface area (Å²) in [6, 6.07) is 6.09. The van der Waals surface area contributed by atoms with Crippen molar-refractivity contribution in [3.63, 3.8) is 0 Å². The summed E-state index contributed by atoms with van der Waals surface area (Å²) in [5, 5.41) is 1.23. The Balaban J connectivity index is 0.000000980. The normalized spacial score (nSPS) is 10.1. The number of benzene rings is 1. The summed E-state index contributed by atoms with van der Waals surface area (Å²) in [4.78, 5) is 4.20. The fourth-order valence-corrected chi connectivity index (χ4v) is 1.73. The Morgan fingerprint density at radius 2 is 2.14 bits per heavy atom.